The highest BCUT2D eigenvalue weighted by Crippen LogP contribution is 2.12. The summed E-state index contributed by atoms with van der Waals surface area (Å²) in [7, 11) is 1.60. The maximum Gasteiger partial charge on any atom is 0.268 e. The van der Waals surface area contributed by atoms with E-state index in [2.05, 4.69) is 5.10 Å². The number of aromatic nitrogens is 2. The molecule has 1 aromatic heterocycles. The third kappa shape index (κ3) is 0.974. The van der Waals surface area contributed by atoms with Crippen LogP contribution in [-0.4, -0.2) is 15.7 Å². The van der Waals surface area contributed by atoms with Gasteiger partial charge in [-0.1, -0.05) is 11.6 Å². The number of hydrogen-bond acceptors (Lipinski definition) is 2. The van der Waals surface area contributed by atoms with Gasteiger partial charge in [0.05, 0.1) is 11.2 Å². The molecule has 0 unspecified atom stereocenters. The Hall–Kier alpha value is -1.03. The Labute approximate surface area is 62.6 Å². The Morgan fingerprint density at radius 2 is 2.50 bits per heavy atom. The summed E-state index contributed by atoms with van der Waals surface area (Å²) in [4.78, 5) is 10.6. The summed E-state index contributed by atoms with van der Waals surface area (Å²) in [5, 5.41) is 4.01. The lowest BCUT2D eigenvalue weighted by molar-refractivity contribution is 0.0991. The van der Waals surface area contributed by atoms with Gasteiger partial charge in [-0.3, -0.25) is 9.48 Å². The van der Waals surface area contributed by atoms with Gasteiger partial charge in [-0.05, 0) is 0 Å². The van der Waals surface area contributed by atoms with E-state index < -0.39 is 5.91 Å². The van der Waals surface area contributed by atoms with Crippen LogP contribution in [0, 0.1) is 0 Å². The maximum atomic E-state index is 10.6. The van der Waals surface area contributed by atoms with Crippen LogP contribution in [0.1, 0.15) is 10.5 Å². The largest absolute Gasteiger partial charge is 0.364 e. The zero-order valence-electron chi connectivity index (χ0n) is 5.34. The van der Waals surface area contributed by atoms with Crippen molar-refractivity contribution >= 4 is 17.5 Å². The lowest BCUT2D eigenvalue weighted by atomic mass is 10.4. The van der Waals surface area contributed by atoms with Crippen LogP contribution in [0.5, 0.6) is 0 Å². The van der Waals surface area contributed by atoms with Gasteiger partial charge in [-0.15, -0.1) is 0 Å². The van der Waals surface area contributed by atoms with Crippen LogP contribution in [0.15, 0.2) is 6.20 Å². The molecule has 0 aliphatic rings. The van der Waals surface area contributed by atoms with Crippen LogP contribution in [0.25, 0.3) is 0 Å². The molecule has 54 valence electrons. The maximum absolute atomic E-state index is 10.6. The van der Waals surface area contributed by atoms with Gasteiger partial charge >= 0.3 is 0 Å². The van der Waals surface area contributed by atoms with E-state index in [1.54, 1.807) is 7.05 Å². The van der Waals surface area contributed by atoms with E-state index in [-0.39, 0.29) is 10.7 Å². The van der Waals surface area contributed by atoms with Crippen LogP contribution in [0.4, 0.5) is 0 Å². The fourth-order valence-corrected chi connectivity index (χ4v) is 0.947. The van der Waals surface area contributed by atoms with Crippen LogP contribution < -0.4 is 5.73 Å². The highest BCUT2D eigenvalue weighted by Gasteiger charge is 2.10. The molecule has 0 bridgehead atoms. The van der Waals surface area contributed by atoms with E-state index in [1.165, 1.54) is 10.9 Å². The number of primary amides is 1. The van der Waals surface area contributed by atoms with Gasteiger partial charge < -0.3 is 5.73 Å². The zero-order chi connectivity index (χ0) is 7.72. The van der Waals surface area contributed by atoms with Crippen molar-refractivity contribution in [2.24, 2.45) is 12.8 Å². The number of nitrogens with zero attached hydrogens (tertiary/aromatic N) is 2. The fourth-order valence-electron chi connectivity index (χ4n) is 0.688. The van der Waals surface area contributed by atoms with Gasteiger partial charge in [0.2, 0.25) is 0 Å². The Morgan fingerprint density at radius 3 is 2.70 bits per heavy atom. The first-order valence-electron chi connectivity index (χ1n) is 2.60. The molecule has 1 amide bonds. The number of carbonyl (C=O) groups is 1. The second-order valence-corrected chi connectivity index (χ2v) is 2.24. The number of nitrogens with two attached hydrogens (primary N) is 1. The summed E-state index contributed by atoms with van der Waals surface area (Å²) in [6.45, 7) is 0. The van der Waals surface area contributed by atoms with E-state index in [4.69, 9.17) is 17.3 Å². The van der Waals surface area contributed by atoms with E-state index >= 15 is 0 Å². The van der Waals surface area contributed by atoms with Crippen molar-refractivity contribution < 1.29 is 4.79 Å². The van der Waals surface area contributed by atoms with E-state index in [0.29, 0.717) is 0 Å². The number of rotatable bonds is 1. The molecule has 0 radical (unpaired) electrons. The molecule has 0 atom stereocenters. The molecule has 10 heavy (non-hydrogen) atoms. The highest BCUT2D eigenvalue weighted by atomic mass is 35.5. The van der Waals surface area contributed by atoms with Crippen molar-refractivity contribution in [3.05, 3.63) is 16.9 Å². The predicted octanol–water partition coefficient (Wildman–Crippen LogP) is 0.172. The Morgan fingerprint density at radius 1 is 1.90 bits per heavy atom. The molecule has 4 nitrogen and oxygen atoms in total. The van der Waals surface area contributed by atoms with E-state index in [0.717, 1.165) is 0 Å². The van der Waals surface area contributed by atoms with Gasteiger partial charge in [0, 0.05) is 7.05 Å². The highest BCUT2D eigenvalue weighted by molar-refractivity contribution is 6.33. The number of hydrogen-bond donors (Lipinski definition) is 1. The molecule has 1 heterocycles. The minimum absolute atomic E-state index is 0.238. The number of carbonyl (C=O) groups excluding carboxylic acids is 1. The summed E-state index contributed by atoms with van der Waals surface area (Å²) in [6.07, 6.45) is 1.38. The first-order chi connectivity index (χ1) is 4.63. The topological polar surface area (TPSA) is 60.9 Å². The molecule has 1 aromatic rings. The monoisotopic (exact) mass is 159 g/mol. The van der Waals surface area contributed by atoms with Gasteiger partial charge in [0.1, 0.15) is 5.69 Å². The first kappa shape index (κ1) is 7.08. The smallest absolute Gasteiger partial charge is 0.268 e. The zero-order valence-corrected chi connectivity index (χ0v) is 6.09. The van der Waals surface area contributed by atoms with Crippen molar-refractivity contribution in [2.75, 3.05) is 0 Å². The SMILES string of the molecule is Cn1ncc(Cl)c1C(N)=O. The summed E-state index contributed by atoms with van der Waals surface area (Å²) in [6, 6.07) is 0. The van der Waals surface area contributed by atoms with Gasteiger partial charge in [-0.25, -0.2) is 0 Å². The average Bonchev–Trinajstić information content (AvgIpc) is 2.11. The molecule has 1 rings (SSSR count). The van der Waals surface area contributed by atoms with Crippen LogP contribution >= 0.6 is 11.6 Å². The third-order valence-corrected chi connectivity index (χ3v) is 1.40. The molecule has 0 aliphatic carbocycles. The van der Waals surface area contributed by atoms with Crippen molar-refractivity contribution in [1.29, 1.82) is 0 Å². The molecule has 0 aromatic carbocycles. The molecular weight excluding hydrogens is 154 g/mol. The normalized spacial score (nSPS) is 9.80. The number of aryl methyl sites for hydroxylation is 1. The molecule has 0 saturated heterocycles. The number of amides is 1. The van der Waals surface area contributed by atoms with Crippen LogP contribution in [-0.2, 0) is 7.05 Å². The summed E-state index contributed by atoms with van der Waals surface area (Å²) < 4.78 is 1.34. The predicted molar refractivity (Wildman–Crippen MR) is 36.7 cm³/mol. The average molecular weight is 160 g/mol. The molecule has 0 saturated carbocycles. The summed E-state index contributed by atoms with van der Waals surface area (Å²) >= 11 is 5.56. The molecule has 0 fully saturated rings. The Kier molecular flexibility index (Phi) is 1.63. The number of halogens is 1. The Balaban J connectivity index is 3.23. The lowest BCUT2D eigenvalue weighted by Crippen LogP contribution is -2.16. The third-order valence-electron chi connectivity index (χ3n) is 1.13. The molecule has 0 spiro atoms. The van der Waals surface area contributed by atoms with Crippen LogP contribution in [0.2, 0.25) is 5.02 Å². The lowest BCUT2D eigenvalue weighted by Gasteiger charge is -1.94. The molecule has 0 aliphatic heterocycles. The minimum Gasteiger partial charge on any atom is -0.364 e. The van der Waals surface area contributed by atoms with Crippen molar-refractivity contribution in [2.45, 2.75) is 0 Å². The molecular formula is C5H6ClN3O. The fraction of sp³-hybridized carbons (Fsp3) is 0.200. The van der Waals surface area contributed by atoms with Crippen molar-refractivity contribution in [3.63, 3.8) is 0 Å². The summed E-state index contributed by atoms with van der Waals surface area (Å²) in [5.41, 5.74) is 5.21. The Bertz CT molecular complexity index is 248. The van der Waals surface area contributed by atoms with E-state index in [9.17, 15) is 4.79 Å². The van der Waals surface area contributed by atoms with Crippen molar-refractivity contribution in [3.8, 4) is 0 Å². The van der Waals surface area contributed by atoms with Crippen LogP contribution in [0.3, 0.4) is 0 Å². The van der Waals surface area contributed by atoms with Gasteiger partial charge in [0.15, 0.2) is 0 Å². The molecule has 5 heteroatoms. The quantitative estimate of drug-likeness (QED) is 0.635. The first-order valence-corrected chi connectivity index (χ1v) is 2.98. The standard InChI is InChI=1S/C5H6ClN3O/c1-9-4(5(7)10)3(6)2-8-9/h2H,1H3,(H2,7,10). The minimum atomic E-state index is -0.565. The second kappa shape index (κ2) is 2.30. The summed E-state index contributed by atoms with van der Waals surface area (Å²) in [5.74, 6) is -0.565. The van der Waals surface area contributed by atoms with Gasteiger partial charge in [0.25, 0.3) is 5.91 Å². The van der Waals surface area contributed by atoms with E-state index in [1.807, 2.05) is 0 Å². The van der Waals surface area contributed by atoms with Crippen molar-refractivity contribution in [1.82, 2.24) is 9.78 Å². The second-order valence-electron chi connectivity index (χ2n) is 1.83. The molecule has 2 N–H and O–H groups in total. The van der Waals surface area contributed by atoms with Gasteiger partial charge in [-0.2, -0.15) is 5.10 Å².